The lowest BCUT2D eigenvalue weighted by Crippen LogP contribution is -2.10. The SMILES string of the molecule is c1ccc(-c2ccccc2-c2c(-c3ccccc3)cccc2-c2cccc(N(c3cccc(-c4cccc5ccccc45)c3)c3cccc4ccccc34)c2)cc1. The fraction of sp³-hybridized carbons (Fsp3) is 0. The van der Waals surface area contributed by atoms with Crippen molar-refractivity contribution in [2.45, 2.75) is 0 Å². The molecule has 0 radical (unpaired) electrons. The smallest absolute Gasteiger partial charge is 0.0540 e. The van der Waals surface area contributed by atoms with Crippen molar-refractivity contribution in [3.63, 3.8) is 0 Å². The Hall–Kier alpha value is -7.48. The van der Waals surface area contributed by atoms with E-state index in [-0.39, 0.29) is 0 Å². The number of nitrogens with zero attached hydrogens (tertiary/aromatic N) is 1. The number of hydrogen-bond acceptors (Lipinski definition) is 1. The van der Waals surface area contributed by atoms with Gasteiger partial charge in [0, 0.05) is 16.8 Å². The summed E-state index contributed by atoms with van der Waals surface area (Å²) in [6.07, 6.45) is 0. The molecule has 10 aromatic rings. The van der Waals surface area contributed by atoms with Crippen LogP contribution in [0, 0.1) is 0 Å². The molecular formula is C56H39N. The molecule has 1 nitrogen and oxygen atoms in total. The molecule has 0 fully saturated rings. The minimum Gasteiger partial charge on any atom is -0.310 e. The summed E-state index contributed by atoms with van der Waals surface area (Å²) in [6, 6.07) is 85.7. The fourth-order valence-electron chi connectivity index (χ4n) is 8.44. The van der Waals surface area contributed by atoms with Gasteiger partial charge in [0.1, 0.15) is 0 Å². The third-order valence-corrected chi connectivity index (χ3v) is 11.1. The Morgan fingerprint density at radius 3 is 1.33 bits per heavy atom. The molecule has 57 heavy (non-hydrogen) atoms. The van der Waals surface area contributed by atoms with Crippen LogP contribution >= 0.6 is 0 Å². The molecule has 0 aliphatic heterocycles. The maximum absolute atomic E-state index is 2.43. The van der Waals surface area contributed by atoms with E-state index in [0.717, 1.165) is 22.6 Å². The van der Waals surface area contributed by atoms with Crippen molar-refractivity contribution in [2.75, 3.05) is 4.90 Å². The first-order chi connectivity index (χ1) is 28.3. The zero-order chi connectivity index (χ0) is 38.0. The van der Waals surface area contributed by atoms with Crippen molar-refractivity contribution in [3.8, 4) is 55.6 Å². The van der Waals surface area contributed by atoms with Gasteiger partial charge in [-0.3, -0.25) is 0 Å². The highest BCUT2D eigenvalue weighted by molar-refractivity contribution is 6.03. The summed E-state index contributed by atoms with van der Waals surface area (Å²) >= 11 is 0. The first-order valence-electron chi connectivity index (χ1n) is 19.6. The molecule has 268 valence electrons. The van der Waals surface area contributed by atoms with Crippen LogP contribution in [0.3, 0.4) is 0 Å². The number of anilines is 3. The van der Waals surface area contributed by atoms with Crippen molar-refractivity contribution in [1.29, 1.82) is 0 Å². The van der Waals surface area contributed by atoms with Crippen LogP contribution in [0.4, 0.5) is 17.1 Å². The van der Waals surface area contributed by atoms with Crippen LogP contribution in [0.15, 0.2) is 237 Å². The third-order valence-electron chi connectivity index (χ3n) is 11.1. The molecule has 0 spiro atoms. The first kappa shape index (κ1) is 34.0. The molecule has 1 heteroatoms. The average molecular weight is 726 g/mol. The summed E-state index contributed by atoms with van der Waals surface area (Å²) in [5.41, 5.74) is 15.3. The maximum Gasteiger partial charge on any atom is 0.0540 e. The highest BCUT2D eigenvalue weighted by Gasteiger charge is 2.21. The van der Waals surface area contributed by atoms with Crippen LogP contribution in [-0.4, -0.2) is 0 Å². The zero-order valence-electron chi connectivity index (χ0n) is 31.5. The van der Waals surface area contributed by atoms with E-state index in [2.05, 4.69) is 241 Å². The van der Waals surface area contributed by atoms with Crippen LogP contribution in [-0.2, 0) is 0 Å². The van der Waals surface area contributed by atoms with Crippen molar-refractivity contribution in [3.05, 3.63) is 237 Å². The summed E-state index contributed by atoms with van der Waals surface area (Å²) in [4.78, 5) is 2.43. The molecule has 0 unspecified atom stereocenters. The molecule has 0 aliphatic rings. The highest BCUT2D eigenvalue weighted by Crippen LogP contribution is 2.46. The van der Waals surface area contributed by atoms with Gasteiger partial charge in [0.2, 0.25) is 0 Å². The molecule has 0 aromatic heterocycles. The molecule has 10 rings (SSSR count). The van der Waals surface area contributed by atoms with Crippen LogP contribution in [0.5, 0.6) is 0 Å². The Morgan fingerprint density at radius 1 is 0.246 bits per heavy atom. The highest BCUT2D eigenvalue weighted by atomic mass is 15.1. The lowest BCUT2D eigenvalue weighted by atomic mass is 9.84. The van der Waals surface area contributed by atoms with Crippen molar-refractivity contribution in [2.24, 2.45) is 0 Å². The number of benzene rings is 10. The molecule has 0 bridgehead atoms. The first-order valence-corrected chi connectivity index (χ1v) is 19.6. The van der Waals surface area contributed by atoms with Crippen LogP contribution in [0.2, 0.25) is 0 Å². The molecule has 0 saturated heterocycles. The van der Waals surface area contributed by atoms with Crippen LogP contribution in [0.25, 0.3) is 77.2 Å². The predicted octanol–water partition coefficient (Wildman–Crippen LogP) is 15.8. The molecule has 0 aliphatic carbocycles. The number of fused-ring (bicyclic) bond motifs is 2. The van der Waals surface area contributed by atoms with Crippen molar-refractivity contribution in [1.82, 2.24) is 0 Å². The summed E-state index contributed by atoms with van der Waals surface area (Å²) in [7, 11) is 0. The average Bonchev–Trinajstić information content (AvgIpc) is 3.29. The van der Waals surface area contributed by atoms with E-state index >= 15 is 0 Å². The van der Waals surface area contributed by atoms with E-state index in [1.165, 1.54) is 71.6 Å². The van der Waals surface area contributed by atoms with E-state index in [1.54, 1.807) is 0 Å². The van der Waals surface area contributed by atoms with E-state index in [9.17, 15) is 0 Å². The summed E-state index contributed by atoms with van der Waals surface area (Å²) in [6.45, 7) is 0. The molecule has 0 N–H and O–H groups in total. The zero-order valence-corrected chi connectivity index (χ0v) is 31.5. The lowest BCUT2D eigenvalue weighted by Gasteiger charge is -2.28. The van der Waals surface area contributed by atoms with E-state index in [4.69, 9.17) is 0 Å². The molecule has 0 atom stereocenters. The van der Waals surface area contributed by atoms with Gasteiger partial charge in [0.15, 0.2) is 0 Å². The Bertz CT molecular complexity index is 3010. The van der Waals surface area contributed by atoms with Crippen molar-refractivity contribution >= 4 is 38.6 Å². The quantitative estimate of drug-likeness (QED) is 0.151. The molecule has 0 amide bonds. The number of hydrogen-bond donors (Lipinski definition) is 0. The third kappa shape index (κ3) is 6.46. The lowest BCUT2D eigenvalue weighted by molar-refractivity contribution is 1.30. The van der Waals surface area contributed by atoms with Gasteiger partial charge in [-0.15, -0.1) is 0 Å². The summed E-state index contributed by atoms with van der Waals surface area (Å²) in [5.74, 6) is 0. The fourth-order valence-corrected chi connectivity index (χ4v) is 8.44. The van der Waals surface area contributed by atoms with Crippen molar-refractivity contribution < 1.29 is 0 Å². The topological polar surface area (TPSA) is 3.24 Å². The minimum atomic E-state index is 1.09. The molecule has 10 aromatic carbocycles. The Balaban J connectivity index is 1.20. The van der Waals surface area contributed by atoms with Gasteiger partial charge in [-0.1, -0.05) is 206 Å². The largest absolute Gasteiger partial charge is 0.310 e. The molecule has 0 saturated carbocycles. The van der Waals surface area contributed by atoms with Gasteiger partial charge in [-0.05, 0) is 102 Å². The van der Waals surface area contributed by atoms with Gasteiger partial charge < -0.3 is 4.90 Å². The Kier molecular flexibility index (Phi) is 8.95. The standard InChI is InChI=1S/C56H39N/c1-3-18-40(19-4-1)49-31-11-12-33-54(49)56-52(43-20-5-2-6-21-43)35-17-36-53(56)45-27-14-29-47(39-45)57(55-37-16-25-42-23-8-10-32-51(42)55)46-28-13-26-44(38-46)50-34-15-24-41-22-7-9-30-48(41)50/h1-39H. The second-order valence-corrected chi connectivity index (χ2v) is 14.5. The van der Waals surface area contributed by atoms with E-state index < -0.39 is 0 Å². The Morgan fingerprint density at radius 2 is 0.649 bits per heavy atom. The summed E-state index contributed by atoms with van der Waals surface area (Å²) in [5, 5.41) is 4.89. The molecule has 0 heterocycles. The van der Waals surface area contributed by atoms with Gasteiger partial charge in [-0.2, -0.15) is 0 Å². The Labute approximate surface area is 334 Å². The maximum atomic E-state index is 2.43. The van der Waals surface area contributed by atoms with Gasteiger partial charge in [0.25, 0.3) is 0 Å². The normalized spacial score (nSPS) is 11.2. The molecular weight excluding hydrogens is 687 g/mol. The van der Waals surface area contributed by atoms with Crippen LogP contribution < -0.4 is 4.90 Å². The number of rotatable bonds is 8. The van der Waals surface area contributed by atoms with Gasteiger partial charge >= 0.3 is 0 Å². The van der Waals surface area contributed by atoms with E-state index in [0.29, 0.717) is 0 Å². The second kappa shape index (κ2) is 15.0. The van der Waals surface area contributed by atoms with Gasteiger partial charge in [0.05, 0.1) is 5.69 Å². The monoisotopic (exact) mass is 725 g/mol. The second-order valence-electron chi connectivity index (χ2n) is 14.5. The van der Waals surface area contributed by atoms with E-state index in [1.807, 2.05) is 0 Å². The van der Waals surface area contributed by atoms with Gasteiger partial charge in [-0.25, -0.2) is 0 Å². The predicted molar refractivity (Wildman–Crippen MR) is 243 cm³/mol. The summed E-state index contributed by atoms with van der Waals surface area (Å²) < 4.78 is 0. The minimum absolute atomic E-state index is 1.09. The van der Waals surface area contributed by atoms with Crippen LogP contribution in [0.1, 0.15) is 0 Å².